The van der Waals surface area contributed by atoms with Crippen LogP contribution in [0.5, 0.6) is 0 Å². The van der Waals surface area contributed by atoms with Crippen molar-refractivity contribution >= 4 is 33.5 Å². The molecule has 4 aromatic carbocycles. The number of fused-ring (bicyclic) bond motifs is 3. The van der Waals surface area contributed by atoms with E-state index in [0.717, 1.165) is 116 Å². The monoisotopic (exact) mass is 903 g/mol. The van der Waals surface area contributed by atoms with Crippen LogP contribution in [0, 0.1) is 0 Å². The van der Waals surface area contributed by atoms with Gasteiger partial charge in [-0.25, -0.2) is 30.7 Å². The minimum absolute atomic E-state index is 0.167. The van der Waals surface area contributed by atoms with Crippen LogP contribution >= 0.6 is 0 Å². The van der Waals surface area contributed by atoms with Crippen molar-refractivity contribution in [3.05, 3.63) is 209 Å². The molecule has 10 aromatic rings. The number of nitrogens with zero attached hydrogens (tertiary/aromatic N) is 6. The van der Waals surface area contributed by atoms with E-state index in [-0.39, 0.29) is 16.8 Å². The van der Waals surface area contributed by atoms with Crippen molar-refractivity contribution in [3.63, 3.8) is 0 Å². The maximum absolute atomic E-state index is 11.9. The SMILES string of the molecule is C=Cc1nccc2nc(-c3ccc(C4(NNC5(c6ccc(-c7nc8ccnc(COCc9ccn%10c(=O)[nH]nc%10c9)c8cc7-c7ccccc7)cc6)CCC5)CCC4)cc3)c(-c3ccccc3)cc12. The summed E-state index contributed by atoms with van der Waals surface area (Å²) in [7, 11) is 0. The first-order valence-corrected chi connectivity index (χ1v) is 23.7. The van der Waals surface area contributed by atoms with Crippen LogP contribution in [0.1, 0.15) is 66.6 Å². The molecule has 338 valence electrons. The van der Waals surface area contributed by atoms with E-state index in [1.54, 1.807) is 24.7 Å². The second-order valence-electron chi connectivity index (χ2n) is 18.4. The van der Waals surface area contributed by atoms with Gasteiger partial charge in [0, 0.05) is 51.6 Å². The minimum Gasteiger partial charge on any atom is -0.370 e. The van der Waals surface area contributed by atoms with Gasteiger partial charge in [0.1, 0.15) is 0 Å². The highest BCUT2D eigenvalue weighted by Gasteiger charge is 2.44. The summed E-state index contributed by atoms with van der Waals surface area (Å²) < 4.78 is 7.66. The summed E-state index contributed by atoms with van der Waals surface area (Å²) in [6, 6.07) is 51.0. The van der Waals surface area contributed by atoms with E-state index in [4.69, 9.17) is 19.7 Å². The van der Waals surface area contributed by atoms with Gasteiger partial charge >= 0.3 is 5.69 Å². The summed E-state index contributed by atoms with van der Waals surface area (Å²) in [5.74, 6) is 0. The van der Waals surface area contributed by atoms with Gasteiger partial charge in [-0.05, 0) is 109 Å². The van der Waals surface area contributed by atoms with Gasteiger partial charge in [-0.2, -0.15) is 5.10 Å². The molecule has 2 fully saturated rings. The van der Waals surface area contributed by atoms with Crippen molar-refractivity contribution in [2.24, 2.45) is 0 Å². The van der Waals surface area contributed by atoms with Crippen molar-refractivity contribution < 1.29 is 4.74 Å². The molecular weight excluding hydrogens is 855 g/mol. The zero-order valence-corrected chi connectivity index (χ0v) is 38.0. The summed E-state index contributed by atoms with van der Waals surface area (Å²) in [5.41, 5.74) is 22.9. The van der Waals surface area contributed by atoms with Gasteiger partial charge in [-0.15, -0.1) is 0 Å². The number of ether oxygens (including phenoxy) is 1. The predicted octanol–water partition coefficient (Wildman–Crippen LogP) is 11.5. The number of aromatic nitrogens is 7. The maximum Gasteiger partial charge on any atom is 0.347 e. The highest BCUT2D eigenvalue weighted by molar-refractivity contribution is 5.95. The molecule has 2 saturated carbocycles. The van der Waals surface area contributed by atoms with Crippen LogP contribution in [0.3, 0.4) is 0 Å². The number of benzene rings is 4. The lowest BCUT2D eigenvalue weighted by Gasteiger charge is -2.50. The Bertz CT molecular complexity index is 3580. The molecule has 0 atom stereocenters. The summed E-state index contributed by atoms with van der Waals surface area (Å²) in [6.45, 7) is 4.65. The molecule has 0 amide bonds. The molecule has 0 saturated heterocycles. The Morgan fingerprint density at radius 2 is 1.17 bits per heavy atom. The van der Waals surface area contributed by atoms with Gasteiger partial charge in [0.2, 0.25) is 0 Å². The average molecular weight is 904 g/mol. The van der Waals surface area contributed by atoms with E-state index in [9.17, 15) is 4.79 Å². The molecule has 69 heavy (non-hydrogen) atoms. The van der Waals surface area contributed by atoms with E-state index < -0.39 is 0 Å². The second-order valence-corrected chi connectivity index (χ2v) is 18.4. The van der Waals surface area contributed by atoms with Crippen LogP contribution in [0.25, 0.3) is 78.3 Å². The summed E-state index contributed by atoms with van der Waals surface area (Å²) in [6.07, 6.45) is 13.6. The topological polar surface area (TPSA) is 135 Å². The lowest BCUT2D eigenvalue weighted by atomic mass is 9.70. The van der Waals surface area contributed by atoms with Gasteiger partial charge in [-0.3, -0.25) is 14.4 Å². The zero-order valence-electron chi connectivity index (χ0n) is 38.0. The fraction of sp³-hybridized carbons (Fsp3) is 0.172. The second kappa shape index (κ2) is 17.6. The number of hydrazine groups is 1. The van der Waals surface area contributed by atoms with Gasteiger partial charge < -0.3 is 4.74 Å². The number of pyridine rings is 5. The van der Waals surface area contributed by atoms with E-state index in [1.807, 2.05) is 36.4 Å². The van der Waals surface area contributed by atoms with Gasteiger partial charge in [0.15, 0.2) is 5.65 Å². The fourth-order valence-corrected chi connectivity index (χ4v) is 10.1. The van der Waals surface area contributed by atoms with Crippen LogP contribution in [0.15, 0.2) is 176 Å². The van der Waals surface area contributed by atoms with Crippen molar-refractivity contribution in [1.29, 1.82) is 0 Å². The molecular formula is C58H49N9O2. The summed E-state index contributed by atoms with van der Waals surface area (Å²) >= 11 is 0. The molecule has 3 N–H and O–H groups in total. The van der Waals surface area contributed by atoms with Crippen LogP contribution in [-0.2, 0) is 29.0 Å². The maximum atomic E-state index is 11.9. The lowest BCUT2D eigenvalue weighted by Crippen LogP contribution is -2.62. The number of H-pyrrole nitrogens is 1. The minimum atomic E-state index is -0.269. The standard InChI is InChI=1S/C58H49N9O2/c1-2-49-47-34-45(39-11-5-3-6-12-39)54(61-50(47)23-30-59-49)41-15-19-43(20-16-41)57(26-9-27-57)65-66-58(28-10-29-58)44-21-17-42(18-22-44)55-46(40-13-7-4-8-14-40)35-48-51(62-55)24-31-60-52(48)37-69-36-38-25-32-67-53(33-38)63-64-56(67)68/h2-8,11-25,30-35,65-66H,1,9-10,26-29,36-37H2,(H,64,68). The molecule has 2 aliphatic rings. The number of hydrogen-bond acceptors (Lipinski definition) is 9. The van der Waals surface area contributed by atoms with E-state index >= 15 is 0 Å². The number of nitrogens with one attached hydrogen (secondary N) is 3. The van der Waals surface area contributed by atoms with Gasteiger partial charge in [-0.1, -0.05) is 116 Å². The van der Waals surface area contributed by atoms with Crippen molar-refractivity contribution in [1.82, 2.24) is 45.4 Å². The smallest absolute Gasteiger partial charge is 0.347 e. The van der Waals surface area contributed by atoms with Crippen molar-refractivity contribution in [2.45, 2.75) is 62.8 Å². The van der Waals surface area contributed by atoms with Gasteiger partial charge in [0.25, 0.3) is 0 Å². The van der Waals surface area contributed by atoms with Crippen LogP contribution in [0.2, 0.25) is 0 Å². The Labute approximate surface area is 399 Å². The third kappa shape index (κ3) is 7.80. The molecule has 11 nitrogen and oxygen atoms in total. The third-order valence-electron chi connectivity index (χ3n) is 14.3. The first kappa shape index (κ1) is 42.4. The molecule has 0 aliphatic heterocycles. The van der Waals surface area contributed by atoms with E-state index in [1.165, 1.54) is 21.9 Å². The Morgan fingerprint density at radius 1 is 0.623 bits per heavy atom. The average Bonchev–Trinajstić information content (AvgIpc) is 3.75. The summed E-state index contributed by atoms with van der Waals surface area (Å²) in [5, 5.41) is 8.49. The van der Waals surface area contributed by atoms with Crippen LogP contribution < -0.4 is 16.5 Å². The fourth-order valence-electron chi connectivity index (χ4n) is 10.1. The lowest BCUT2D eigenvalue weighted by molar-refractivity contribution is 0.0797. The molecule has 12 rings (SSSR count). The first-order valence-electron chi connectivity index (χ1n) is 23.7. The Hall–Kier alpha value is -7.96. The largest absolute Gasteiger partial charge is 0.370 e. The quantitative estimate of drug-likeness (QED) is 0.0912. The number of rotatable bonds is 14. The van der Waals surface area contributed by atoms with Crippen molar-refractivity contribution in [3.8, 4) is 44.8 Å². The van der Waals surface area contributed by atoms with E-state index in [2.05, 4.69) is 142 Å². The van der Waals surface area contributed by atoms with Crippen molar-refractivity contribution in [2.75, 3.05) is 0 Å². The molecule has 0 unspecified atom stereocenters. The summed E-state index contributed by atoms with van der Waals surface area (Å²) in [4.78, 5) is 31.8. The van der Waals surface area contributed by atoms with Crippen LogP contribution in [-0.4, -0.2) is 34.5 Å². The molecule has 2 aliphatic carbocycles. The molecule has 0 radical (unpaired) electrons. The third-order valence-corrected chi connectivity index (χ3v) is 14.3. The number of hydrogen-bond donors (Lipinski definition) is 3. The van der Waals surface area contributed by atoms with Crippen LogP contribution in [0.4, 0.5) is 0 Å². The normalized spacial score (nSPS) is 15.0. The Kier molecular flexibility index (Phi) is 10.8. The Morgan fingerprint density at radius 3 is 1.72 bits per heavy atom. The highest BCUT2D eigenvalue weighted by atomic mass is 16.5. The van der Waals surface area contributed by atoms with E-state index in [0.29, 0.717) is 18.9 Å². The predicted molar refractivity (Wildman–Crippen MR) is 273 cm³/mol. The zero-order chi connectivity index (χ0) is 46.4. The molecule has 6 heterocycles. The number of aromatic amines is 1. The molecule has 6 aromatic heterocycles. The highest BCUT2D eigenvalue weighted by Crippen LogP contribution is 2.46. The molecule has 0 bridgehead atoms. The molecule has 0 spiro atoms. The molecule has 11 heteroatoms. The Balaban J connectivity index is 0.796. The first-order chi connectivity index (χ1) is 34.0. The van der Waals surface area contributed by atoms with Gasteiger partial charge in [0.05, 0.1) is 58.1 Å².